The second-order valence-electron chi connectivity index (χ2n) is 5.45. The van der Waals surface area contributed by atoms with Gasteiger partial charge >= 0.3 is 11.9 Å². The van der Waals surface area contributed by atoms with Crippen molar-refractivity contribution in [1.82, 2.24) is 0 Å². The highest BCUT2D eigenvalue weighted by Gasteiger charge is 2.57. The minimum Gasteiger partial charge on any atom is -0.465 e. The van der Waals surface area contributed by atoms with Gasteiger partial charge in [-0.05, 0) is 38.5 Å². The molecule has 0 atom stereocenters. The van der Waals surface area contributed by atoms with Crippen LogP contribution in [0.5, 0.6) is 0 Å². The van der Waals surface area contributed by atoms with Crippen LogP contribution in [-0.4, -0.2) is 25.2 Å². The predicted molar refractivity (Wildman–Crippen MR) is 72.5 cm³/mol. The van der Waals surface area contributed by atoms with Crippen LogP contribution in [0.1, 0.15) is 53.4 Å². The molecule has 0 unspecified atom stereocenters. The highest BCUT2D eigenvalue weighted by atomic mass is 16.6. The molecule has 0 bridgehead atoms. The van der Waals surface area contributed by atoms with E-state index in [1.165, 1.54) is 0 Å². The van der Waals surface area contributed by atoms with Crippen LogP contribution in [0.25, 0.3) is 0 Å². The number of ether oxygens (including phenoxy) is 2. The molecule has 110 valence electrons. The molecule has 1 aliphatic carbocycles. The van der Waals surface area contributed by atoms with Gasteiger partial charge in [-0.3, -0.25) is 9.59 Å². The van der Waals surface area contributed by atoms with Gasteiger partial charge in [-0.2, -0.15) is 0 Å². The van der Waals surface area contributed by atoms with Crippen LogP contribution in [0.2, 0.25) is 0 Å². The molecule has 4 heteroatoms. The van der Waals surface area contributed by atoms with E-state index in [9.17, 15) is 9.59 Å². The first-order valence-electron chi connectivity index (χ1n) is 7.36. The van der Waals surface area contributed by atoms with Crippen LogP contribution >= 0.6 is 0 Å². The van der Waals surface area contributed by atoms with Crippen LogP contribution in [0.3, 0.4) is 0 Å². The number of hydrogen-bond donors (Lipinski definition) is 0. The highest BCUT2D eigenvalue weighted by Crippen LogP contribution is 2.47. The van der Waals surface area contributed by atoms with Gasteiger partial charge in [0.15, 0.2) is 5.41 Å². The summed E-state index contributed by atoms with van der Waals surface area (Å²) in [5, 5.41) is 0. The van der Waals surface area contributed by atoms with E-state index in [4.69, 9.17) is 9.47 Å². The van der Waals surface area contributed by atoms with Crippen molar-refractivity contribution in [3.8, 4) is 0 Å². The molecule has 0 aromatic heterocycles. The average Bonchev–Trinajstić information content (AvgIpc) is 2.84. The van der Waals surface area contributed by atoms with E-state index in [0.29, 0.717) is 13.2 Å². The summed E-state index contributed by atoms with van der Waals surface area (Å²) >= 11 is 0. The lowest BCUT2D eigenvalue weighted by Crippen LogP contribution is -2.51. The van der Waals surface area contributed by atoms with Crippen LogP contribution in [-0.2, 0) is 19.1 Å². The third kappa shape index (κ3) is 2.93. The number of esters is 2. The molecule has 0 N–H and O–H groups in total. The molecule has 0 saturated heterocycles. The summed E-state index contributed by atoms with van der Waals surface area (Å²) in [5.41, 5.74) is -1.12. The Morgan fingerprint density at radius 3 is 1.79 bits per heavy atom. The molecule has 0 aliphatic heterocycles. The second-order valence-corrected chi connectivity index (χ2v) is 5.45. The standard InChI is InChI=1S/C15H26O4/c1-5-18-13(16)15(11(3)4,14(17)19-6-2)12-9-7-8-10-12/h11-12H,5-10H2,1-4H3. The van der Waals surface area contributed by atoms with E-state index in [0.717, 1.165) is 25.7 Å². The fourth-order valence-corrected chi connectivity index (χ4v) is 3.24. The number of carbonyl (C=O) groups excluding carboxylic acids is 2. The summed E-state index contributed by atoms with van der Waals surface area (Å²) in [5.74, 6) is -0.884. The van der Waals surface area contributed by atoms with E-state index in [-0.39, 0.29) is 11.8 Å². The Kier molecular flexibility index (Phi) is 5.83. The molecule has 1 fully saturated rings. The smallest absolute Gasteiger partial charge is 0.324 e. The average molecular weight is 270 g/mol. The molecule has 19 heavy (non-hydrogen) atoms. The lowest BCUT2D eigenvalue weighted by atomic mass is 9.66. The fraction of sp³-hybridized carbons (Fsp3) is 0.867. The molecular formula is C15H26O4. The molecule has 0 spiro atoms. The zero-order chi connectivity index (χ0) is 14.5. The lowest BCUT2D eigenvalue weighted by Gasteiger charge is -2.37. The first kappa shape index (κ1) is 16.0. The van der Waals surface area contributed by atoms with E-state index in [1.807, 2.05) is 13.8 Å². The number of carbonyl (C=O) groups is 2. The van der Waals surface area contributed by atoms with E-state index in [2.05, 4.69) is 0 Å². The normalized spacial score (nSPS) is 16.7. The third-order valence-corrected chi connectivity index (χ3v) is 4.14. The van der Waals surface area contributed by atoms with Gasteiger partial charge in [0, 0.05) is 0 Å². The van der Waals surface area contributed by atoms with Gasteiger partial charge in [0.05, 0.1) is 13.2 Å². The van der Waals surface area contributed by atoms with Gasteiger partial charge in [0.25, 0.3) is 0 Å². The molecule has 0 aromatic carbocycles. The molecule has 0 aromatic rings. The number of rotatable bonds is 6. The van der Waals surface area contributed by atoms with Gasteiger partial charge in [-0.25, -0.2) is 0 Å². The molecule has 4 nitrogen and oxygen atoms in total. The Balaban J connectivity index is 3.16. The van der Waals surface area contributed by atoms with E-state index < -0.39 is 17.4 Å². The third-order valence-electron chi connectivity index (χ3n) is 4.14. The van der Waals surface area contributed by atoms with Gasteiger partial charge in [-0.1, -0.05) is 26.7 Å². The minimum atomic E-state index is -1.12. The maximum Gasteiger partial charge on any atom is 0.324 e. The van der Waals surface area contributed by atoms with Crippen molar-refractivity contribution >= 4 is 11.9 Å². The molecule has 1 aliphatic rings. The lowest BCUT2D eigenvalue weighted by molar-refractivity contribution is -0.181. The Morgan fingerprint density at radius 2 is 1.47 bits per heavy atom. The summed E-state index contributed by atoms with van der Waals surface area (Å²) < 4.78 is 10.4. The zero-order valence-electron chi connectivity index (χ0n) is 12.5. The van der Waals surface area contributed by atoms with Crippen molar-refractivity contribution in [1.29, 1.82) is 0 Å². The minimum absolute atomic E-state index is 0.0469. The van der Waals surface area contributed by atoms with Gasteiger partial charge in [-0.15, -0.1) is 0 Å². The zero-order valence-corrected chi connectivity index (χ0v) is 12.5. The fourth-order valence-electron chi connectivity index (χ4n) is 3.24. The SMILES string of the molecule is CCOC(=O)C(C(=O)OCC)(C(C)C)C1CCCC1. The summed E-state index contributed by atoms with van der Waals surface area (Å²) in [4.78, 5) is 25.0. The van der Waals surface area contributed by atoms with Crippen molar-refractivity contribution in [3.63, 3.8) is 0 Å². The van der Waals surface area contributed by atoms with Crippen molar-refractivity contribution in [2.75, 3.05) is 13.2 Å². The first-order valence-corrected chi connectivity index (χ1v) is 7.36. The Bertz CT molecular complexity index is 298. The van der Waals surface area contributed by atoms with E-state index >= 15 is 0 Å². The van der Waals surface area contributed by atoms with Crippen molar-refractivity contribution < 1.29 is 19.1 Å². The van der Waals surface area contributed by atoms with Crippen LogP contribution in [0.15, 0.2) is 0 Å². The van der Waals surface area contributed by atoms with Crippen LogP contribution in [0.4, 0.5) is 0 Å². The molecular weight excluding hydrogens is 244 g/mol. The maximum absolute atomic E-state index is 12.5. The predicted octanol–water partition coefficient (Wildman–Crippen LogP) is 2.95. The van der Waals surface area contributed by atoms with Crippen LogP contribution < -0.4 is 0 Å². The molecule has 0 radical (unpaired) electrons. The summed E-state index contributed by atoms with van der Waals surface area (Å²) in [6, 6.07) is 0. The number of hydrogen-bond acceptors (Lipinski definition) is 4. The first-order chi connectivity index (χ1) is 9.01. The highest BCUT2D eigenvalue weighted by molar-refractivity contribution is 6.00. The molecule has 0 heterocycles. The van der Waals surface area contributed by atoms with Crippen molar-refractivity contribution in [3.05, 3.63) is 0 Å². The van der Waals surface area contributed by atoms with Crippen molar-refractivity contribution in [2.45, 2.75) is 53.4 Å². The van der Waals surface area contributed by atoms with Gasteiger partial charge in [0.1, 0.15) is 0 Å². The Labute approximate surface area is 115 Å². The Morgan fingerprint density at radius 1 is 1.05 bits per heavy atom. The largest absolute Gasteiger partial charge is 0.465 e. The molecule has 1 saturated carbocycles. The van der Waals surface area contributed by atoms with E-state index in [1.54, 1.807) is 13.8 Å². The molecule has 0 amide bonds. The monoisotopic (exact) mass is 270 g/mol. The maximum atomic E-state index is 12.5. The topological polar surface area (TPSA) is 52.6 Å². The van der Waals surface area contributed by atoms with Gasteiger partial charge in [0.2, 0.25) is 0 Å². The van der Waals surface area contributed by atoms with Gasteiger partial charge < -0.3 is 9.47 Å². The summed E-state index contributed by atoms with van der Waals surface area (Å²) in [6.45, 7) is 7.93. The molecule has 1 rings (SSSR count). The summed E-state index contributed by atoms with van der Waals surface area (Å²) in [7, 11) is 0. The van der Waals surface area contributed by atoms with Crippen LogP contribution in [0, 0.1) is 17.3 Å². The summed E-state index contributed by atoms with van der Waals surface area (Å²) in [6.07, 6.45) is 3.93. The quantitative estimate of drug-likeness (QED) is 0.550. The Hall–Kier alpha value is -1.06. The second kappa shape index (κ2) is 6.92. The van der Waals surface area contributed by atoms with Crippen molar-refractivity contribution in [2.24, 2.45) is 17.3 Å².